The molecule has 0 bridgehead atoms. The molecule has 0 saturated carbocycles. The molecule has 7 nitrogen and oxygen atoms in total. The van der Waals surface area contributed by atoms with Gasteiger partial charge in [0.25, 0.3) is 5.69 Å². The Morgan fingerprint density at radius 1 is 1.13 bits per heavy atom. The van der Waals surface area contributed by atoms with E-state index in [0.717, 1.165) is 22.2 Å². The summed E-state index contributed by atoms with van der Waals surface area (Å²) in [6, 6.07) is 14.0. The van der Waals surface area contributed by atoms with Crippen LogP contribution < -0.4 is 5.11 Å². The third-order valence-corrected chi connectivity index (χ3v) is 5.14. The summed E-state index contributed by atoms with van der Waals surface area (Å²) in [6.07, 6.45) is 1.34. The van der Waals surface area contributed by atoms with Crippen LogP contribution in [-0.4, -0.2) is 16.1 Å². The molecule has 0 saturated heterocycles. The van der Waals surface area contributed by atoms with Gasteiger partial charge in [0.05, 0.1) is 10.6 Å². The molecule has 0 radical (unpaired) electrons. The zero-order valence-electron chi connectivity index (χ0n) is 16.0. The van der Waals surface area contributed by atoms with Crippen molar-refractivity contribution in [3.63, 3.8) is 0 Å². The van der Waals surface area contributed by atoms with Crippen molar-refractivity contribution in [2.45, 2.75) is 13.8 Å². The maximum Gasteiger partial charge on any atom is 0.263 e. The Labute approximate surface area is 180 Å². The highest BCUT2D eigenvalue weighted by Crippen LogP contribution is 2.32. The van der Waals surface area contributed by atoms with E-state index in [1.807, 2.05) is 50.2 Å². The molecule has 0 aliphatic rings. The standard InChI is InChI=1S/C22H16BrN3O4/c1-12-6-7-14(22-25-20-13(2)4-3-5-19(20)30-22)9-17(12)24-11-15-8-16(23)10-18(21(15)27)26(28)29/h3-11,27H,1-2H3/p-1. The molecule has 0 aliphatic carbocycles. The highest BCUT2D eigenvalue weighted by atomic mass is 79.9. The maximum atomic E-state index is 12.3. The number of para-hydroxylation sites is 1. The Balaban J connectivity index is 1.74. The lowest BCUT2D eigenvalue weighted by Gasteiger charge is -2.11. The fourth-order valence-electron chi connectivity index (χ4n) is 3.06. The van der Waals surface area contributed by atoms with Gasteiger partial charge in [-0.25, -0.2) is 4.98 Å². The van der Waals surface area contributed by atoms with Crippen LogP contribution in [0.4, 0.5) is 11.4 Å². The summed E-state index contributed by atoms with van der Waals surface area (Å²) in [4.78, 5) is 19.4. The molecule has 0 fully saturated rings. The third kappa shape index (κ3) is 3.69. The second-order valence-corrected chi connectivity index (χ2v) is 7.72. The van der Waals surface area contributed by atoms with E-state index in [0.29, 0.717) is 21.6 Å². The summed E-state index contributed by atoms with van der Waals surface area (Å²) in [5.74, 6) is -0.214. The number of aromatic nitrogens is 1. The molecular weight excluding hydrogens is 450 g/mol. The lowest BCUT2D eigenvalue weighted by Crippen LogP contribution is -2.02. The van der Waals surface area contributed by atoms with Crippen LogP contribution >= 0.6 is 15.9 Å². The van der Waals surface area contributed by atoms with E-state index in [1.54, 1.807) is 0 Å². The van der Waals surface area contributed by atoms with E-state index < -0.39 is 16.4 Å². The van der Waals surface area contributed by atoms with Gasteiger partial charge in [0, 0.05) is 22.3 Å². The third-order valence-electron chi connectivity index (χ3n) is 4.68. The Kier molecular flexibility index (Phi) is 5.09. The molecule has 1 aromatic heterocycles. The van der Waals surface area contributed by atoms with E-state index in [4.69, 9.17) is 4.42 Å². The van der Waals surface area contributed by atoms with Crippen molar-refractivity contribution in [3.05, 3.63) is 79.8 Å². The quantitative estimate of drug-likeness (QED) is 0.221. The average molecular weight is 465 g/mol. The minimum atomic E-state index is -0.703. The molecule has 0 atom stereocenters. The smallest absolute Gasteiger partial charge is 0.263 e. The number of hydrogen-bond donors (Lipinski definition) is 0. The van der Waals surface area contributed by atoms with Crippen molar-refractivity contribution < 1.29 is 14.4 Å². The number of nitro benzene ring substituents is 1. The average Bonchev–Trinajstić information content (AvgIpc) is 3.15. The SMILES string of the molecule is Cc1ccc(-c2nc3c(C)cccc3o2)cc1N=Cc1cc(Br)cc([N+](=O)[O-])c1[O-]. The largest absolute Gasteiger partial charge is 0.867 e. The van der Waals surface area contributed by atoms with Gasteiger partial charge >= 0.3 is 0 Å². The molecular formula is C22H15BrN3O4-. The predicted octanol–water partition coefficient (Wildman–Crippen LogP) is 5.61. The van der Waals surface area contributed by atoms with Gasteiger partial charge in [-0.05, 0) is 60.6 Å². The first-order valence-electron chi connectivity index (χ1n) is 8.99. The van der Waals surface area contributed by atoms with Crippen LogP contribution in [0.25, 0.3) is 22.6 Å². The van der Waals surface area contributed by atoms with Gasteiger partial charge in [-0.3, -0.25) is 15.1 Å². The summed E-state index contributed by atoms with van der Waals surface area (Å²) in [5, 5.41) is 23.4. The first-order valence-corrected chi connectivity index (χ1v) is 9.79. The minimum absolute atomic E-state index is 0.123. The number of nitro groups is 1. The predicted molar refractivity (Wildman–Crippen MR) is 116 cm³/mol. The summed E-state index contributed by atoms with van der Waals surface area (Å²) in [7, 11) is 0. The van der Waals surface area contributed by atoms with Gasteiger partial charge in [-0.2, -0.15) is 0 Å². The van der Waals surface area contributed by atoms with E-state index in [2.05, 4.69) is 25.9 Å². The highest BCUT2D eigenvalue weighted by molar-refractivity contribution is 9.10. The maximum absolute atomic E-state index is 12.3. The number of fused-ring (bicyclic) bond motifs is 1. The van der Waals surface area contributed by atoms with Crippen LogP contribution in [0.1, 0.15) is 16.7 Å². The summed E-state index contributed by atoms with van der Waals surface area (Å²) >= 11 is 3.20. The number of rotatable bonds is 4. The second-order valence-electron chi connectivity index (χ2n) is 6.80. The summed E-state index contributed by atoms with van der Waals surface area (Å²) < 4.78 is 6.31. The molecule has 4 aromatic rings. The monoisotopic (exact) mass is 464 g/mol. The minimum Gasteiger partial charge on any atom is -0.867 e. The van der Waals surface area contributed by atoms with Crippen molar-refractivity contribution in [1.29, 1.82) is 0 Å². The van der Waals surface area contributed by atoms with Gasteiger partial charge in [-0.1, -0.05) is 34.1 Å². The molecule has 150 valence electrons. The molecule has 0 N–H and O–H groups in total. The molecule has 8 heteroatoms. The Morgan fingerprint density at radius 2 is 1.93 bits per heavy atom. The number of nitrogens with zero attached hydrogens (tertiary/aromatic N) is 3. The first kappa shape index (κ1) is 19.8. The van der Waals surface area contributed by atoms with Crippen LogP contribution in [0, 0.1) is 24.0 Å². The molecule has 30 heavy (non-hydrogen) atoms. The fraction of sp³-hybridized carbons (Fsp3) is 0.0909. The lowest BCUT2D eigenvalue weighted by atomic mass is 10.1. The summed E-state index contributed by atoms with van der Waals surface area (Å²) in [5.41, 5.74) is 4.37. The zero-order chi connectivity index (χ0) is 21.4. The number of aryl methyl sites for hydroxylation is 2. The second kappa shape index (κ2) is 7.72. The fourth-order valence-corrected chi connectivity index (χ4v) is 3.53. The molecule has 0 aliphatic heterocycles. The van der Waals surface area contributed by atoms with E-state index in [1.165, 1.54) is 18.3 Å². The lowest BCUT2D eigenvalue weighted by molar-refractivity contribution is -0.398. The molecule has 1 heterocycles. The number of halogens is 1. The molecule has 0 unspecified atom stereocenters. The number of hydrogen-bond acceptors (Lipinski definition) is 6. The molecule has 3 aromatic carbocycles. The van der Waals surface area contributed by atoms with Crippen LogP contribution in [0.2, 0.25) is 0 Å². The van der Waals surface area contributed by atoms with Crippen molar-refractivity contribution in [2.75, 3.05) is 0 Å². The van der Waals surface area contributed by atoms with Gasteiger partial charge in [0.2, 0.25) is 5.89 Å². The van der Waals surface area contributed by atoms with Crippen LogP contribution in [0.15, 0.2) is 62.4 Å². The van der Waals surface area contributed by atoms with Gasteiger partial charge in [-0.15, -0.1) is 0 Å². The van der Waals surface area contributed by atoms with Gasteiger partial charge in [0.15, 0.2) is 5.58 Å². The Hall–Kier alpha value is -3.52. The zero-order valence-corrected chi connectivity index (χ0v) is 17.6. The molecule has 0 spiro atoms. The van der Waals surface area contributed by atoms with Crippen LogP contribution in [0.3, 0.4) is 0 Å². The van der Waals surface area contributed by atoms with Gasteiger partial charge < -0.3 is 9.52 Å². The number of oxazole rings is 1. The number of aliphatic imine (C=N–C) groups is 1. The first-order chi connectivity index (χ1) is 14.3. The Morgan fingerprint density at radius 3 is 2.67 bits per heavy atom. The van der Waals surface area contributed by atoms with E-state index in [-0.39, 0.29) is 5.56 Å². The van der Waals surface area contributed by atoms with Crippen molar-refractivity contribution in [1.82, 2.24) is 4.98 Å². The van der Waals surface area contributed by atoms with Crippen molar-refractivity contribution >= 4 is 44.6 Å². The van der Waals surface area contributed by atoms with Crippen molar-refractivity contribution in [3.8, 4) is 17.2 Å². The normalized spacial score (nSPS) is 11.4. The van der Waals surface area contributed by atoms with E-state index >= 15 is 0 Å². The van der Waals surface area contributed by atoms with Crippen LogP contribution in [-0.2, 0) is 0 Å². The number of benzene rings is 3. The summed E-state index contributed by atoms with van der Waals surface area (Å²) in [6.45, 7) is 3.85. The highest BCUT2D eigenvalue weighted by Gasteiger charge is 2.13. The van der Waals surface area contributed by atoms with Crippen LogP contribution in [0.5, 0.6) is 5.75 Å². The van der Waals surface area contributed by atoms with E-state index in [9.17, 15) is 15.2 Å². The van der Waals surface area contributed by atoms with Crippen molar-refractivity contribution in [2.24, 2.45) is 4.99 Å². The van der Waals surface area contributed by atoms with Gasteiger partial charge in [0.1, 0.15) is 5.52 Å². The molecule has 4 rings (SSSR count). The Bertz CT molecular complexity index is 1330. The molecule has 0 amide bonds. The topological polar surface area (TPSA) is 105 Å².